The third-order valence-electron chi connectivity index (χ3n) is 6.99. The van der Waals surface area contributed by atoms with Crippen molar-refractivity contribution in [2.24, 2.45) is 4.99 Å². The molecular weight excluding hydrogens is 404 g/mol. The van der Waals surface area contributed by atoms with Crippen molar-refractivity contribution in [2.75, 3.05) is 59.5 Å². The van der Waals surface area contributed by atoms with Crippen LogP contribution in [-0.4, -0.2) is 92.4 Å². The Bertz CT molecular complexity index is 1030. The predicted molar refractivity (Wildman–Crippen MR) is 127 cm³/mol. The van der Waals surface area contributed by atoms with Crippen LogP contribution >= 0.6 is 0 Å². The van der Waals surface area contributed by atoms with Gasteiger partial charge in [0, 0.05) is 45.5 Å². The number of carbonyl (C=O) groups is 1. The summed E-state index contributed by atoms with van der Waals surface area (Å²) in [5.41, 5.74) is 1.40. The average molecular weight is 437 g/mol. The van der Waals surface area contributed by atoms with Gasteiger partial charge in [0.1, 0.15) is 6.61 Å². The van der Waals surface area contributed by atoms with Gasteiger partial charge in [-0.25, -0.2) is 0 Å². The maximum Gasteiger partial charge on any atom is 0.256 e. The first-order chi connectivity index (χ1) is 15.7. The Labute approximate surface area is 189 Å². The highest BCUT2D eigenvalue weighted by molar-refractivity contribution is 6.07. The Kier molecular flexibility index (Phi) is 6.02. The van der Waals surface area contributed by atoms with Crippen LogP contribution in [0.25, 0.3) is 10.8 Å². The number of nitrogens with zero attached hydrogens (tertiary/aromatic N) is 4. The van der Waals surface area contributed by atoms with E-state index in [0.29, 0.717) is 17.9 Å². The lowest BCUT2D eigenvalue weighted by Gasteiger charge is -2.33. The van der Waals surface area contributed by atoms with Gasteiger partial charge in [0.15, 0.2) is 11.5 Å². The van der Waals surface area contributed by atoms with Crippen LogP contribution in [0, 0.1) is 0 Å². The summed E-state index contributed by atoms with van der Waals surface area (Å²) in [6, 6.07) is 8.04. The zero-order chi connectivity index (χ0) is 22.1. The number of likely N-dealkylation sites (N-methyl/N-ethyl adjacent to an activating group) is 1. The molecule has 3 aliphatic rings. The molecule has 7 nitrogen and oxygen atoms in total. The second-order valence-electron chi connectivity index (χ2n) is 8.83. The molecule has 2 aromatic rings. The summed E-state index contributed by atoms with van der Waals surface area (Å²) in [5.74, 6) is 1.50. The van der Waals surface area contributed by atoms with Crippen molar-refractivity contribution in [3.05, 3.63) is 29.8 Å². The van der Waals surface area contributed by atoms with Crippen LogP contribution in [0.2, 0.25) is 0 Å². The molecule has 2 fully saturated rings. The van der Waals surface area contributed by atoms with Gasteiger partial charge >= 0.3 is 0 Å². The molecule has 3 heterocycles. The number of methoxy groups -OCH3 is 1. The number of fused-ring (bicyclic) bond motifs is 3. The first-order valence-corrected chi connectivity index (χ1v) is 11.7. The van der Waals surface area contributed by atoms with Crippen molar-refractivity contribution in [3.8, 4) is 11.5 Å². The quantitative estimate of drug-likeness (QED) is 0.696. The molecule has 170 valence electrons. The van der Waals surface area contributed by atoms with Gasteiger partial charge in [0.25, 0.3) is 5.91 Å². The summed E-state index contributed by atoms with van der Waals surface area (Å²) in [6.07, 6.45) is 3.95. The fourth-order valence-corrected chi connectivity index (χ4v) is 4.98. The molecule has 0 radical (unpaired) electrons. The van der Waals surface area contributed by atoms with E-state index in [4.69, 9.17) is 9.47 Å². The second-order valence-corrected chi connectivity index (χ2v) is 8.83. The van der Waals surface area contributed by atoms with Crippen LogP contribution in [0.5, 0.6) is 11.5 Å². The molecular formula is C25H32N4O3. The van der Waals surface area contributed by atoms with Gasteiger partial charge in [0.05, 0.1) is 24.4 Å². The van der Waals surface area contributed by atoms with E-state index in [-0.39, 0.29) is 11.9 Å². The summed E-state index contributed by atoms with van der Waals surface area (Å²) in [6.45, 7) is 10.0. The number of carbonyl (C=O) groups excluding carboxylic acids is 1. The topological polar surface area (TPSA) is 57.6 Å². The molecule has 7 heteroatoms. The first-order valence-electron chi connectivity index (χ1n) is 11.7. The van der Waals surface area contributed by atoms with Crippen molar-refractivity contribution < 1.29 is 14.3 Å². The fraction of sp³-hybridized carbons (Fsp3) is 0.520. The largest absolute Gasteiger partial charge is 0.493 e. The van der Waals surface area contributed by atoms with Crippen LogP contribution in [0.3, 0.4) is 0 Å². The fourth-order valence-electron chi connectivity index (χ4n) is 4.98. The Hall–Kier alpha value is -2.64. The third-order valence-corrected chi connectivity index (χ3v) is 6.99. The maximum atomic E-state index is 13.1. The summed E-state index contributed by atoms with van der Waals surface area (Å²) < 4.78 is 11.8. The van der Waals surface area contributed by atoms with Crippen LogP contribution in [0.15, 0.2) is 29.3 Å². The van der Waals surface area contributed by atoms with E-state index in [1.807, 2.05) is 35.4 Å². The smallest absolute Gasteiger partial charge is 0.256 e. The number of piperazine rings is 1. The molecule has 0 unspecified atom stereocenters. The molecule has 0 spiro atoms. The van der Waals surface area contributed by atoms with Crippen LogP contribution in [0.4, 0.5) is 5.69 Å². The van der Waals surface area contributed by atoms with Gasteiger partial charge in [-0.05, 0) is 54.4 Å². The minimum Gasteiger partial charge on any atom is -0.493 e. The monoisotopic (exact) mass is 436 g/mol. The lowest BCUT2D eigenvalue weighted by atomic mass is 10.0. The molecule has 0 saturated carbocycles. The van der Waals surface area contributed by atoms with Crippen LogP contribution in [-0.2, 0) is 0 Å². The van der Waals surface area contributed by atoms with Gasteiger partial charge in [-0.1, -0.05) is 6.92 Å². The van der Waals surface area contributed by atoms with Gasteiger partial charge < -0.3 is 19.3 Å². The SMILES string of the molecule is CCN1CCN(CCOc2cc3cc4c(cc3cc2OC)N=C[C@@H]2CCCN2C4=O)CC1. The first kappa shape index (κ1) is 21.2. The molecule has 0 aromatic heterocycles. The van der Waals surface area contributed by atoms with Crippen LogP contribution in [0.1, 0.15) is 30.1 Å². The van der Waals surface area contributed by atoms with E-state index >= 15 is 0 Å². The number of amides is 1. The summed E-state index contributed by atoms with van der Waals surface area (Å²) in [4.78, 5) is 24.7. The Morgan fingerprint density at radius 3 is 2.53 bits per heavy atom. The molecule has 0 aliphatic carbocycles. The molecule has 0 N–H and O–H groups in total. The van der Waals surface area contributed by atoms with E-state index in [0.717, 1.165) is 80.9 Å². The Morgan fingerprint density at radius 2 is 1.75 bits per heavy atom. The molecule has 5 rings (SSSR count). The Morgan fingerprint density at radius 1 is 1.00 bits per heavy atom. The minimum absolute atomic E-state index is 0.0754. The molecule has 1 amide bonds. The van der Waals surface area contributed by atoms with Crippen molar-refractivity contribution in [1.29, 1.82) is 0 Å². The number of hydrogen-bond donors (Lipinski definition) is 0. The van der Waals surface area contributed by atoms with E-state index in [1.54, 1.807) is 7.11 Å². The van der Waals surface area contributed by atoms with Gasteiger partial charge in [-0.15, -0.1) is 0 Å². The molecule has 0 bridgehead atoms. The zero-order valence-corrected chi connectivity index (χ0v) is 19.0. The van der Waals surface area contributed by atoms with Gasteiger partial charge in [-0.2, -0.15) is 0 Å². The normalized spacial score (nSPS) is 21.5. The molecule has 1 atom stereocenters. The number of hydrogen-bond acceptors (Lipinski definition) is 6. The highest BCUT2D eigenvalue weighted by Crippen LogP contribution is 2.37. The van der Waals surface area contributed by atoms with Crippen molar-refractivity contribution in [2.45, 2.75) is 25.8 Å². The van der Waals surface area contributed by atoms with E-state index < -0.39 is 0 Å². The minimum atomic E-state index is 0.0754. The summed E-state index contributed by atoms with van der Waals surface area (Å²) in [7, 11) is 1.66. The second kappa shape index (κ2) is 9.08. The van der Waals surface area contributed by atoms with Crippen molar-refractivity contribution in [3.63, 3.8) is 0 Å². The van der Waals surface area contributed by atoms with Crippen LogP contribution < -0.4 is 9.47 Å². The lowest BCUT2D eigenvalue weighted by Crippen LogP contribution is -2.47. The highest BCUT2D eigenvalue weighted by atomic mass is 16.5. The van der Waals surface area contributed by atoms with E-state index in [9.17, 15) is 4.79 Å². The molecule has 2 saturated heterocycles. The average Bonchev–Trinajstić information content (AvgIpc) is 3.26. The van der Waals surface area contributed by atoms with E-state index in [2.05, 4.69) is 21.7 Å². The van der Waals surface area contributed by atoms with Crippen molar-refractivity contribution in [1.82, 2.24) is 14.7 Å². The third kappa shape index (κ3) is 4.07. The Balaban J connectivity index is 1.35. The van der Waals surface area contributed by atoms with Crippen molar-refractivity contribution >= 4 is 28.6 Å². The zero-order valence-electron chi connectivity index (χ0n) is 19.0. The maximum absolute atomic E-state index is 13.1. The summed E-state index contributed by atoms with van der Waals surface area (Å²) >= 11 is 0. The highest BCUT2D eigenvalue weighted by Gasteiger charge is 2.31. The number of ether oxygens (including phenoxy) is 2. The standard InChI is InChI=1S/C25H32N4O3/c1-3-27-7-9-28(10-8-27)11-12-32-24-16-18-13-21-22(14-19(18)15-23(24)31-2)26-17-20-5-4-6-29(20)25(21)30/h13-17,20H,3-12H2,1-2H3/t20-/m0/s1. The molecule has 3 aliphatic heterocycles. The summed E-state index contributed by atoms with van der Waals surface area (Å²) in [5, 5.41) is 1.97. The molecule has 2 aromatic carbocycles. The lowest BCUT2D eigenvalue weighted by molar-refractivity contribution is 0.0775. The van der Waals surface area contributed by atoms with Gasteiger partial charge in [-0.3, -0.25) is 14.7 Å². The molecule has 32 heavy (non-hydrogen) atoms. The number of benzene rings is 2. The predicted octanol–water partition coefficient (Wildman–Crippen LogP) is 3.19. The number of aliphatic imine (C=N–C) groups is 1. The number of rotatable bonds is 6. The van der Waals surface area contributed by atoms with E-state index in [1.165, 1.54) is 0 Å². The van der Waals surface area contributed by atoms with Gasteiger partial charge in [0.2, 0.25) is 0 Å².